The van der Waals surface area contributed by atoms with E-state index in [2.05, 4.69) is 16.0 Å². The molecule has 4 aliphatic rings. The number of nitrogens with one attached hydrogen (secondary N) is 3. The summed E-state index contributed by atoms with van der Waals surface area (Å²) in [6, 6.07) is -3.47. The van der Waals surface area contributed by atoms with Gasteiger partial charge >= 0.3 is 6.03 Å². The van der Waals surface area contributed by atoms with Crippen LogP contribution < -0.4 is 16.0 Å². The molecule has 230 valence electrons. The predicted molar refractivity (Wildman–Crippen MR) is 153 cm³/mol. The Bertz CT molecular complexity index is 1090. The van der Waals surface area contributed by atoms with Crippen molar-refractivity contribution < 1.29 is 28.4 Å². The summed E-state index contributed by atoms with van der Waals surface area (Å²) in [7, 11) is 0. The third-order valence-electron chi connectivity index (χ3n) is 10.3. The smallest absolute Gasteiger partial charge is 0.315 e. The number of carbonyl (C=O) groups excluding carboxylic acids is 5. The van der Waals surface area contributed by atoms with Crippen molar-refractivity contribution in [2.45, 2.75) is 136 Å². The summed E-state index contributed by atoms with van der Waals surface area (Å²) in [5.74, 6) is -2.54. The van der Waals surface area contributed by atoms with Crippen molar-refractivity contribution in [2.24, 2.45) is 22.7 Å². The number of piperidine rings is 1. The van der Waals surface area contributed by atoms with Gasteiger partial charge < -0.3 is 20.9 Å². The van der Waals surface area contributed by atoms with Gasteiger partial charge in [-0.2, -0.15) is 0 Å². The van der Waals surface area contributed by atoms with Crippen molar-refractivity contribution in [3.05, 3.63) is 0 Å². The van der Waals surface area contributed by atoms with Gasteiger partial charge in [-0.15, -0.1) is 0 Å². The number of ketones is 2. The van der Waals surface area contributed by atoms with Gasteiger partial charge in [-0.25, -0.2) is 9.18 Å². The van der Waals surface area contributed by atoms with E-state index < -0.39 is 52.7 Å². The van der Waals surface area contributed by atoms with Gasteiger partial charge in [-0.3, -0.25) is 19.2 Å². The number of hydrogen-bond acceptors (Lipinski definition) is 5. The molecular formula is C31H49FN4O5. The molecule has 0 spiro atoms. The molecule has 3 saturated carbocycles. The molecule has 0 bridgehead atoms. The maximum absolute atomic E-state index is 15.0. The molecule has 10 heteroatoms. The van der Waals surface area contributed by atoms with Crippen LogP contribution >= 0.6 is 0 Å². The number of alkyl halides is 1. The number of rotatable bonds is 9. The fourth-order valence-electron chi connectivity index (χ4n) is 7.37. The number of urea groups is 1. The summed E-state index contributed by atoms with van der Waals surface area (Å²) < 4.78 is 15.0. The molecule has 3 aliphatic carbocycles. The maximum atomic E-state index is 15.0. The van der Waals surface area contributed by atoms with Gasteiger partial charge in [0, 0.05) is 25.4 Å². The minimum atomic E-state index is -1.58. The van der Waals surface area contributed by atoms with Crippen LogP contribution in [0.15, 0.2) is 0 Å². The van der Waals surface area contributed by atoms with Crippen LogP contribution in [0.5, 0.6) is 0 Å². The van der Waals surface area contributed by atoms with E-state index in [4.69, 9.17) is 0 Å². The van der Waals surface area contributed by atoms with Crippen LogP contribution in [0.4, 0.5) is 9.18 Å². The Morgan fingerprint density at radius 1 is 0.927 bits per heavy atom. The van der Waals surface area contributed by atoms with Gasteiger partial charge in [-0.05, 0) is 61.7 Å². The molecule has 0 unspecified atom stereocenters. The second kappa shape index (κ2) is 11.0. The van der Waals surface area contributed by atoms with Crippen molar-refractivity contribution in [2.75, 3.05) is 6.54 Å². The molecule has 41 heavy (non-hydrogen) atoms. The Morgan fingerprint density at radius 2 is 1.54 bits per heavy atom. The molecule has 1 aliphatic heterocycles. The first-order valence-electron chi connectivity index (χ1n) is 15.3. The fourth-order valence-corrected chi connectivity index (χ4v) is 7.37. The molecule has 1 heterocycles. The zero-order valence-corrected chi connectivity index (χ0v) is 25.8. The number of fused-ring (bicyclic) bond motifs is 1. The zero-order valence-electron chi connectivity index (χ0n) is 25.8. The van der Waals surface area contributed by atoms with E-state index in [0.717, 1.165) is 39.0 Å². The molecule has 0 aromatic carbocycles. The van der Waals surface area contributed by atoms with E-state index in [1.807, 2.05) is 41.5 Å². The number of halogens is 1. The van der Waals surface area contributed by atoms with Crippen LogP contribution in [-0.4, -0.2) is 70.2 Å². The van der Waals surface area contributed by atoms with Gasteiger partial charge in [0.1, 0.15) is 17.8 Å². The Labute approximate surface area is 243 Å². The third kappa shape index (κ3) is 6.46. The third-order valence-corrected chi connectivity index (χ3v) is 10.3. The minimum absolute atomic E-state index is 0.0823. The summed E-state index contributed by atoms with van der Waals surface area (Å²) in [6.07, 6.45) is 6.00. The number of likely N-dealkylation sites (tertiary alicyclic amines) is 1. The Balaban J connectivity index is 1.53. The van der Waals surface area contributed by atoms with Crippen molar-refractivity contribution in [1.82, 2.24) is 20.9 Å². The number of Topliss-reactive ketones (excluding diaryl/α,β-unsaturated/α-hetero) is 2. The number of amides is 4. The van der Waals surface area contributed by atoms with E-state index in [9.17, 15) is 24.0 Å². The summed E-state index contributed by atoms with van der Waals surface area (Å²) in [4.78, 5) is 67.3. The first kappa shape index (κ1) is 31.4. The summed E-state index contributed by atoms with van der Waals surface area (Å²) in [6.45, 7) is 13.2. The molecule has 9 nitrogen and oxygen atoms in total. The van der Waals surface area contributed by atoms with Crippen molar-refractivity contribution in [3.8, 4) is 0 Å². The average Bonchev–Trinajstić information content (AvgIpc) is 3.17. The van der Waals surface area contributed by atoms with Crippen LogP contribution in [0.2, 0.25) is 0 Å². The summed E-state index contributed by atoms with van der Waals surface area (Å²) in [5.41, 5.74) is -2.75. The van der Waals surface area contributed by atoms with Crippen LogP contribution in [0, 0.1) is 22.7 Å². The molecule has 0 radical (unpaired) electrons. The van der Waals surface area contributed by atoms with Gasteiger partial charge in [0.2, 0.25) is 17.6 Å². The standard InChI is InChI=1S/C31H49FN4O5/c1-18(37)23(38)20(16-31(32)14-11-15-31)33-25(39)22-21-19(29(21,5)6)17-36(22)26(40)24(28(2,3)4)34-27(41)35-30(7)12-9-8-10-13-30/h19-22,24H,8-17H2,1-7H3,(H,33,39)(H2,34,35,41)/t19-,20-,21-,22-,24+/m0/s1. The average molecular weight is 577 g/mol. The summed E-state index contributed by atoms with van der Waals surface area (Å²) >= 11 is 0. The highest BCUT2D eigenvalue weighted by Crippen LogP contribution is 2.65. The second-order valence-corrected chi connectivity index (χ2v) is 15.1. The van der Waals surface area contributed by atoms with Gasteiger partial charge in [0.25, 0.3) is 0 Å². The minimum Gasteiger partial charge on any atom is -0.344 e. The molecule has 4 rings (SSSR count). The molecule has 3 N–H and O–H groups in total. The lowest BCUT2D eigenvalue weighted by Crippen LogP contribution is -2.62. The van der Waals surface area contributed by atoms with Crippen LogP contribution in [-0.2, 0) is 19.2 Å². The van der Waals surface area contributed by atoms with Crippen LogP contribution in [0.25, 0.3) is 0 Å². The Morgan fingerprint density at radius 3 is 2.05 bits per heavy atom. The van der Waals surface area contributed by atoms with Crippen LogP contribution in [0.3, 0.4) is 0 Å². The van der Waals surface area contributed by atoms with Gasteiger partial charge in [-0.1, -0.05) is 53.9 Å². The lowest BCUT2D eigenvalue weighted by atomic mass is 9.76. The van der Waals surface area contributed by atoms with E-state index in [-0.39, 0.29) is 48.0 Å². The first-order valence-corrected chi connectivity index (χ1v) is 15.3. The highest BCUT2D eigenvalue weighted by Gasteiger charge is 2.70. The molecule has 5 atom stereocenters. The van der Waals surface area contributed by atoms with E-state index in [1.54, 1.807) is 0 Å². The monoisotopic (exact) mass is 576 g/mol. The van der Waals surface area contributed by atoms with E-state index in [1.165, 1.54) is 4.90 Å². The molecule has 0 aromatic rings. The molecule has 0 aromatic heterocycles. The van der Waals surface area contributed by atoms with Gasteiger partial charge in [0.15, 0.2) is 5.78 Å². The fraction of sp³-hybridized carbons (Fsp3) is 0.839. The number of nitrogens with zero attached hydrogens (tertiary/aromatic N) is 1. The predicted octanol–water partition coefficient (Wildman–Crippen LogP) is 3.83. The molecule has 4 amide bonds. The van der Waals surface area contributed by atoms with Crippen molar-refractivity contribution in [1.29, 1.82) is 0 Å². The highest BCUT2D eigenvalue weighted by atomic mass is 19.1. The normalized spacial score (nSPS) is 28.8. The van der Waals surface area contributed by atoms with Crippen molar-refractivity contribution >= 4 is 29.4 Å². The topological polar surface area (TPSA) is 125 Å². The van der Waals surface area contributed by atoms with E-state index >= 15 is 4.39 Å². The first-order chi connectivity index (χ1) is 18.9. The largest absolute Gasteiger partial charge is 0.344 e. The molecule has 4 fully saturated rings. The lowest BCUT2D eigenvalue weighted by molar-refractivity contribution is -0.145. The number of carbonyl (C=O) groups is 5. The zero-order chi connectivity index (χ0) is 30.5. The van der Waals surface area contributed by atoms with Crippen LogP contribution in [0.1, 0.15) is 106 Å². The number of hydrogen-bond donors (Lipinski definition) is 3. The van der Waals surface area contributed by atoms with E-state index in [0.29, 0.717) is 13.0 Å². The quantitative estimate of drug-likeness (QED) is 0.360. The summed E-state index contributed by atoms with van der Waals surface area (Å²) in [5, 5.41) is 8.68. The highest BCUT2D eigenvalue weighted by molar-refractivity contribution is 6.38. The Hall–Kier alpha value is -2.52. The maximum Gasteiger partial charge on any atom is 0.315 e. The van der Waals surface area contributed by atoms with Crippen molar-refractivity contribution in [3.63, 3.8) is 0 Å². The molecule has 1 saturated heterocycles. The van der Waals surface area contributed by atoms with Gasteiger partial charge in [0.05, 0.1) is 6.04 Å². The Kier molecular flexibility index (Phi) is 8.39. The lowest BCUT2D eigenvalue weighted by Gasteiger charge is -2.40. The second-order valence-electron chi connectivity index (χ2n) is 15.1. The SMILES string of the molecule is CC(=O)C(=O)[C@H](CC1(F)CCC1)NC(=O)[C@@H]1[C@@H]2[C@H](CN1C(=O)[C@@H](NC(=O)NC1(C)CCCCC1)C(C)(C)C)C2(C)C. The molecular weight excluding hydrogens is 527 g/mol.